The number of H-pyrrole nitrogens is 1. The molecule has 0 aliphatic rings. The molecule has 0 unspecified atom stereocenters. The molecule has 9 heteroatoms. The molecule has 4 aromatic rings. The fourth-order valence-corrected chi connectivity index (χ4v) is 4.04. The SMILES string of the molecule is COc1ccc(N(Cc2cc3ccc(OC)cc3[nH]c2=O)C(=O)c2cc(OC)c(OC)c(OC)c2)cc1. The van der Waals surface area contributed by atoms with Gasteiger partial charge in [0.25, 0.3) is 11.5 Å². The second kappa shape index (κ2) is 10.9. The van der Waals surface area contributed by atoms with Gasteiger partial charge in [-0.05, 0) is 60.0 Å². The van der Waals surface area contributed by atoms with Gasteiger partial charge < -0.3 is 33.6 Å². The van der Waals surface area contributed by atoms with Crippen molar-refractivity contribution in [3.8, 4) is 28.7 Å². The number of hydrogen-bond donors (Lipinski definition) is 1. The van der Waals surface area contributed by atoms with Crippen molar-refractivity contribution in [3.05, 3.63) is 82.1 Å². The molecule has 4 rings (SSSR count). The summed E-state index contributed by atoms with van der Waals surface area (Å²) in [6.07, 6.45) is 0. The Morgan fingerprint density at radius 3 is 1.95 bits per heavy atom. The van der Waals surface area contributed by atoms with Gasteiger partial charge in [-0.25, -0.2) is 0 Å². The van der Waals surface area contributed by atoms with Crippen LogP contribution in [0.5, 0.6) is 28.7 Å². The topological polar surface area (TPSA) is 99.3 Å². The first-order chi connectivity index (χ1) is 17.9. The number of methoxy groups -OCH3 is 5. The number of nitrogens with one attached hydrogen (secondary N) is 1. The summed E-state index contributed by atoms with van der Waals surface area (Å²) < 4.78 is 26.8. The maximum atomic E-state index is 13.9. The summed E-state index contributed by atoms with van der Waals surface area (Å²) in [5.74, 6) is 1.97. The number of anilines is 1. The van der Waals surface area contributed by atoms with E-state index in [-0.39, 0.29) is 18.0 Å². The number of aromatic nitrogens is 1. The number of fused-ring (bicyclic) bond motifs is 1. The molecule has 0 saturated carbocycles. The van der Waals surface area contributed by atoms with Gasteiger partial charge in [-0.3, -0.25) is 9.59 Å². The van der Waals surface area contributed by atoms with E-state index in [0.29, 0.717) is 51.1 Å². The highest BCUT2D eigenvalue weighted by Gasteiger charge is 2.24. The van der Waals surface area contributed by atoms with Crippen LogP contribution in [0.1, 0.15) is 15.9 Å². The standard InChI is InChI=1S/C28H28N2O7/c1-33-21-10-7-20(8-11-21)30(28(32)18-13-24(35-3)26(37-5)25(14-18)36-4)16-19-12-17-6-9-22(34-2)15-23(17)29-27(19)31/h6-15H,16H2,1-5H3,(H,29,31). The van der Waals surface area contributed by atoms with E-state index in [4.69, 9.17) is 23.7 Å². The Balaban J connectivity index is 1.81. The molecular weight excluding hydrogens is 476 g/mol. The number of ether oxygens (including phenoxy) is 5. The van der Waals surface area contributed by atoms with Gasteiger partial charge in [0.05, 0.1) is 47.6 Å². The molecule has 192 valence electrons. The van der Waals surface area contributed by atoms with Gasteiger partial charge in [0.2, 0.25) is 5.75 Å². The van der Waals surface area contributed by atoms with Crippen molar-refractivity contribution < 1.29 is 28.5 Å². The summed E-state index contributed by atoms with van der Waals surface area (Å²) >= 11 is 0. The van der Waals surface area contributed by atoms with Gasteiger partial charge in [0.1, 0.15) is 11.5 Å². The Bertz CT molecular complexity index is 1450. The number of carbonyl (C=O) groups excluding carboxylic acids is 1. The smallest absolute Gasteiger partial charge is 0.258 e. The summed E-state index contributed by atoms with van der Waals surface area (Å²) in [5.41, 5.74) is 1.62. The maximum Gasteiger partial charge on any atom is 0.258 e. The second-order valence-electron chi connectivity index (χ2n) is 8.08. The molecule has 3 aromatic carbocycles. The number of aromatic amines is 1. The number of benzene rings is 3. The van der Waals surface area contributed by atoms with Crippen molar-refractivity contribution in [3.63, 3.8) is 0 Å². The predicted octanol–water partition coefficient (Wildman–Crippen LogP) is 4.42. The lowest BCUT2D eigenvalue weighted by atomic mass is 10.1. The molecule has 1 amide bonds. The van der Waals surface area contributed by atoms with E-state index in [9.17, 15) is 9.59 Å². The molecule has 0 aliphatic carbocycles. The first-order valence-electron chi connectivity index (χ1n) is 11.4. The van der Waals surface area contributed by atoms with E-state index in [2.05, 4.69) is 4.98 Å². The minimum atomic E-state index is -0.362. The van der Waals surface area contributed by atoms with Crippen LogP contribution in [0.3, 0.4) is 0 Å². The van der Waals surface area contributed by atoms with Gasteiger partial charge >= 0.3 is 0 Å². The largest absolute Gasteiger partial charge is 0.497 e. The Labute approximate surface area is 214 Å². The Morgan fingerprint density at radius 2 is 1.38 bits per heavy atom. The van der Waals surface area contributed by atoms with Gasteiger partial charge in [-0.2, -0.15) is 0 Å². The van der Waals surface area contributed by atoms with Crippen LogP contribution in [0.25, 0.3) is 10.9 Å². The molecule has 0 spiro atoms. The van der Waals surface area contributed by atoms with Crippen LogP contribution >= 0.6 is 0 Å². The minimum absolute atomic E-state index is 0.0130. The van der Waals surface area contributed by atoms with Crippen molar-refractivity contribution in [2.24, 2.45) is 0 Å². The quantitative estimate of drug-likeness (QED) is 0.360. The zero-order valence-corrected chi connectivity index (χ0v) is 21.3. The van der Waals surface area contributed by atoms with E-state index >= 15 is 0 Å². The van der Waals surface area contributed by atoms with E-state index in [0.717, 1.165) is 5.39 Å². The van der Waals surface area contributed by atoms with Crippen LogP contribution in [-0.2, 0) is 6.54 Å². The Hall–Kier alpha value is -4.66. The number of carbonyl (C=O) groups is 1. The lowest BCUT2D eigenvalue weighted by molar-refractivity contribution is 0.0984. The van der Waals surface area contributed by atoms with Gasteiger partial charge in [-0.1, -0.05) is 0 Å². The molecule has 0 radical (unpaired) electrons. The van der Waals surface area contributed by atoms with Gasteiger partial charge in [0.15, 0.2) is 11.5 Å². The molecule has 0 fully saturated rings. The third kappa shape index (κ3) is 5.16. The van der Waals surface area contributed by atoms with Crippen LogP contribution in [0, 0.1) is 0 Å². The first kappa shape index (κ1) is 25.4. The molecule has 37 heavy (non-hydrogen) atoms. The van der Waals surface area contributed by atoms with Crippen molar-refractivity contribution >= 4 is 22.5 Å². The zero-order chi connectivity index (χ0) is 26.5. The van der Waals surface area contributed by atoms with Crippen LogP contribution < -0.4 is 34.1 Å². The summed E-state index contributed by atoms with van der Waals surface area (Å²) in [6, 6.07) is 17.4. The van der Waals surface area contributed by atoms with Crippen molar-refractivity contribution in [2.75, 3.05) is 40.4 Å². The van der Waals surface area contributed by atoms with E-state index < -0.39 is 0 Å². The highest BCUT2D eigenvalue weighted by Crippen LogP contribution is 2.39. The fraction of sp³-hybridized carbons (Fsp3) is 0.214. The van der Waals surface area contributed by atoms with Gasteiger partial charge in [0, 0.05) is 22.9 Å². The first-order valence-corrected chi connectivity index (χ1v) is 11.4. The lowest BCUT2D eigenvalue weighted by Gasteiger charge is -2.24. The molecule has 0 aliphatic heterocycles. The summed E-state index contributed by atoms with van der Waals surface area (Å²) in [7, 11) is 7.59. The predicted molar refractivity (Wildman–Crippen MR) is 141 cm³/mol. The van der Waals surface area contributed by atoms with Crippen LogP contribution in [0.15, 0.2) is 65.5 Å². The highest BCUT2D eigenvalue weighted by molar-refractivity contribution is 6.07. The minimum Gasteiger partial charge on any atom is -0.497 e. The number of pyridine rings is 1. The van der Waals surface area contributed by atoms with Crippen molar-refractivity contribution in [1.29, 1.82) is 0 Å². The molecule has 0 bridgehead atoms. The van der Waals surface area contributed by atoms with Crippen molar-refractivity contribution in [1.82, 2.24) is 4.98 Å². The van der Waals surface area contributed by atoms with Crippen LogP contribution in [-0.4, -0.2) is 46.4 Å². The summed E-state index contributed by atoms with van der Waals surface area (Å²) in [4.78, 5) is 31.3. The zero-order valence-electron chi connectivity index (χ0n) is 21.3. The summed E-state index contributed by atoms with van der Waals surface area (Å²) in [5, 5.41) is 0.810. The molecule has 0 atom stereocenters. The Kier molecular flexibility index (Phi) is 7.52. The molecule has 1 aromatic heterocycles. The lowest BCUT2D eigenvalue weighted by Crippen LogP contribution is -2.33. The normalized spacial score (nSPS) is 10.6. The highest BCUT2D eigenvalue weighted by atomic mass is 16.5. The third-order valence-corrected chi connectivity index (χ3v) is 6.00. The van der Waals surface area contributed by atoms with E-state index in [1.807, 2.05) is 12.1 Å². The molecule has 1 heterocycles. The Morgan fingerprint density at radius 1 is 0.757 bits per heavy atom. The van der Waals surface area contributed by atoms with Crippen LogP contribution in [0.2, 0.25) is 0 Å². The average Bonchev–Trinajstić information content (AvgIpc) is 2.94. The molecule has 0 saturated heterocycles. The van der Waals surface area contributed by atoms with E-state index in [1.54, 1.807) is 62.8 Å². The molecular formula is C28H28N2O7. The fourth-order valence-electron chi connectivity index (χ4n) is 4.04. The monoisotopic (exact) mass is 504 g/mol. The number of amides is 1. The molecule has 1 N–H and O–H groups in total. The average molecular weight is 505 g/mol. The second-order valence-corrected chi connectivity index (χ2v) is 8.08. The maximum absolute atomic E-state index is 13.9. The molecule has 9 nitrogen and oxygen atoms in total. The number of nitrogens with zero attached hydrogens (tertiary/aromatic N) is 1. The van der Waals surface area contributed by atoms with E-state index in [1.165, 1.54) is 26.2 Å². The number of hydrogen-bond acceptors (Lipinski definition) is 7. The number of rotatable bonds is 9. The van der Waals surface area contributed by atoms with Gasteiger partial charge in [-0.15, -0.1) is 0 Å². The summed E-state index contributed by atoms with van der Waals surface area (Å²) in [6.45, 7) is 0.0130. The van der Waals surface area contributed by atoms with Crippen LogP contribution in [0.4, 0.5) is 5.69 Å². The third-order valence-electron chi connectivity index (χ3n) is 6.00. The van der Waals surface area contributed by atoms with Crippen molar-refractivity contribution in [2.45, 2.75) is 6.54 Å².